The van der Waals surface area contributed by atoms with Crippen LogP contribution in [0.5, 0.6) is 0 Å². The molecule has 4 nitrogen and oxygen atoms in total. The summed E-state index contributed by atoms with van der Waals surface area (Å²) in [5.74, 6) is 1.000. The summed E-state index contributed by atoms with van der Waals surface area (Å²) in [6, 6.07) is 8.28. The Morgan fingerprint density at radius 1 is 1.33 bits per heavy atom. The lowest BCUT2D eigenvalue weighted by atomic mass is 10.0. The summed E-state index contributed by atoms with van der Waals surface area (Å²) < 4.78 is 10.9. The Hall–Kier alpha value is -1.36. The van der Waals surface area contributed by atoms with Crippen LogP contribution in [0.3, 0.4) is 0 Å². The molecule has 2 rings (SSSR count). The highest BCUT2D eigenvalue weighted by atomic mass is 16.5. The molecule has 0 radical (unpaired) electrons. The quantitative estimate of drug-likeness (QED) is 0.785. The standard InChI is InChI=1S/C17H25NO3/c1-4-14-15-7-5-6-8-16(15)21-17(14)12(2)18-10-9-13(19)11-20-3/h5-8,12-13,18-19H,4,9-11H2,1-3H3. The Morgan fingerprint density at radius 2 is 2.10 bits per heavy atom. The minimum Gasteiger partial charge on any atom is -0.459 e. The maximum absolute atomic E-state index is 9.66. The number of ether oxygens (including phenoxy) is 1. The number of hydrogen-bond acceptors (Lipinski definition) is 4. The number of hydrogen-bond donors (Lipinski definition) is 2. The van der Waals surface area contributed by atoms with Crippen molar-refractivity contribution in [2.24, 2.45) is 0 Å². The van der Waals surface area contributed by atoms with Gasteiger partial charge in [0.25, 0.3) is 0 Å². The zero-order chi connectivity index (χ0) is 15.2. The molecule has 21 heavy (non-hydrogen) atoms. The van der Waals surface area contributed by atoms with Crippen molar-refractivity contribution in [3.63, 3.8) is 0 Å². The number of aliphatic hydroxyl groups excluding tert-OH is 1. The predicted molar refractivity (Wildman–Crippen MR) is 84.5 cm³/mol. The van der Waals surface area contributed by atoms with Gasteiger partial charge in [0, 0.05) is 18.1 Å². The van der Waals surface area contributed by atoms with Crippen molar-refractivity contribution in [1.82, 2.24) is 5.32 Å². The molecule has 1 aromatic carbocycles. The summed E-state index contributed by atoms with van der Waals surface area (Å²) in [5.41, 5.74) is 2.21. The van der Waals surface area contributed by atoms with Crippen molar-refractivity contribution in [3.8, 4) is 0 Å². The number of aliphatic hydroxyl groups is 1. The van der Waals surface area contributed by atoms with Gasteiger partial charge in [0.2, 0.25) is 0 Å². The highest BCUT2D eigenvalue weighted by Gasteiger charge is 2.17. The fourth-order valence-electron chi connectivity index (χ4n) is 2.67. The van der Waals surface area contributed by atoms with Crippen molar-refractivity contribution in [3.05, 3.63) is 35.6 Å². The van der Waals surface area contributed by atoms with Crippen LogP contribution in [0.15, 0.2) is 28.7 Å². The van der Waals surface area contributed by atoms with Gasteiger partial charge < -0.3 is 19.6 Å². The molecule has 2 N–H and O–H groups in total. The molecule has 0 aliphatic carbocycles. The molecule has 4 heteroatoms. The van der Waals surface area contributed by atoms with E-state index in [1.165, 1.54) is 10.9 Å². The van der Waals surface area contributed by atoms with Crippen molar-refractivity contribution in [2.45, 2.75) is 38.8 Å². The first-order chi connectivity index (χ1) is 10.2. The van der Waals surface area contributed by atoms with Gasteiger partial charge in [-0.2, -0.15) is 0 Å². The topological polar surface area (TPSA) is 54.6 Å². The Kier molecular flexibility index (Phi) is 5.79. The second kappa shape index (κ2) is 7.59. The van der Waals surface area contributed by atoms with Gasteiger partial charge in [-0.05, 0) is 32.4 Å². The third kappa shape index (κ3) is 3.84. The summed E-state index contributed by atoms with van der Waals surface area (Å²) in [6.07, 6.45) is 1.20. The lowest BCUT2D eigenvalue weighted by molar-refractivity contribution is 0.0589. The zero-order valence-electron chi connectivity index (χ0n) is 13.1. The molecule has 0 bridgehead atoms. The molecule has 1 heterocycles. The summed E-state index contributed by atoms with van der Waals surface area (Å²) in [5, 5.41) is 14.3. The molecule has 2 aromatic rings. The van der Waals surface area contributed by atoms with Gasteiger partial charge in [0.1, 0.15) is 11.3 Å². The first-order valence-corrected chi connectivity index (χ1v) is 7.58. The van der Waals surface area contributed by atoms with Crippen LogP contribution in [0.4, 0.5) is 0 Å². The number of nitrogens with one attached hydrogen (secondary N) is 1. The molecule has 0 spiro atoms. The van der Waals surface area contributed by atoms with E-state index in [0.717, 1.165) is 24.3 Å². The van der Waals surface area contributed by atoms with Crippen LogP contribution in [0, 0.1) is 0 Å². The van der Waals surface area contributed by atoms with Gasteiger partial charge in [-0.15, -0.1) is 0 Å². The lowest BCUT2D eigenvalue weighted by Crippen LogP contribution is -2.25. The van der Waals surface area contributed by atoms with Crippen molar-refractivity contribution in [2.75, 3.05) is 20.3 Å². The first kappa shape index (κ1) is 16.0. The number of methoxy groups -OCH3 is 1. The van der Waals surface area contributed by atoms with Crippen LogP contribution in [0.2, 0.25) is 0 Å². The van der Waals surface area contributed by atoms with E-state index in [-0.39, 0.29) is 6.04 Å². The summed E-state index contributed by atoms with van der Waals surface area (Å²) in [6.45, 7) is 5.35. The van der Waals surface area contributed by atoms with Crippen molar-refractivity contribution in [1.29, 1.82) is 0 Å². The average Bonchev–Trinajstić information content (AvgIpc) is 2.86. The number of furan rings is 1. The van der Waals surface area contributed by atoms with Crippen LogP contribution < -0.4 is 5.32 Å². The number of rotatable bonds is 8. The first-order valence-electron chi connectivity index (χ1n) is 7.58. The second-order valence-corrected chi connectivity index (χ2v) is 5.37. The van der Waals surface area contributed by atoms with Crippen molar-refractivity contribution < 1.29 is 14.3 Å². The highest BCUT2D eigenvalue weighted by Crippen LogP contribution is 2.30. The van der Waals surface area contributed by atoms with E-state index in [2.05, 4.69) is 25.2 Å². The minimum atomic E-state index is -0.420. The largest absolute Gasteiger partial charge is 0.459 e. The summed E-state index contributed by atoms with van der Waals surface area (Å²) in [7, 11) is 1.60. The normalized spacial score (nSPS) is 14.5. The van der Waals surface area contributed by atoms with Gasteiger partial charge in [-0.3, -0.25) is 0 Å². The number of benzene rings is 1. The van der Waals surface area contributed by atoms with Crippen LogP contribution in [-0.2, 0) is 11.2 Å². The third-order valence-electron chi connectivity index (χ3n) is 3.76. The maximum atomic E-state index is 9.66. The molecule has 0 saturated heterocycles. The van der Waals surface area contributed by atoms with E-state index in [4.69, 9.17) is 9.15 Å². The molecular weight excluding hydrogens is 266 g/mol. The third-order valence-corrected chi connectivity index (χ3v) is 3.76. The van der Waals surface area contributed by atoms with Crippen LogP contribution in [-0.4, -0.2) is 31.5 Å². The van der Waals surface area contributed by atoms with Crippen molar-refractivity contribution >= 4 is 11.0 Å². The van der Waals surface area contributed by atoms with E-state index in [1.807, 2.05) is 18.2 Å². The van der Waals surface area contributed by atoms with Crippen LogP contribution >= 0.6 is 0 Å². The smallest absolute Gasteiger partial charge is 0.134 e. The molecule has 0 amide bonds. The zero-order valence-corrected chi connectivity index (χ0v) is 13.1. The van der Waals surface area contributed by atoms with Gasteiger partial charge >= 0.3 is 0 Å². The molecule has 2 atom stereocenters. The maximum Gasteiger partial charge on any atom is 0.134 e. The average molecular weight is 291 g/mol. The van der Waals surface area contributed by atoms with Crippen LogP contribution in [0.25, 0.3) is 11.0 Å². The van der Waals surface area contributed by atoms with E-state index >= 15 is 0 Å². The molecule has 116 valence electrons. The van der Waals surface area contributed by atoms with E-state index in [0.29, 0.717) is 13.0 Å². The SMILES string of the molecule is CCc1c(C(C)NCCC(O)COC)oc2ccccc12. The molecular formula is C17H25NO3. The number of fused-ring (bicyclic) bond motifs is 1. The van der Waals surface area contributed by atoms with E-state index in [9.17, 15) is 5.11 Å². The van der Waals surface area contributed by atoms with Gasteiger partial charge in [-0.1, -0.05) is 25.1 Å². The fraction of sp³-hybridized carbons (Fsp3) is 0.529. The number of aryl methyl sites for hydroxylation is 1. The van der Waals surface area contributed by atoms with Gasteiger partial charge in [0.05, 0.1) is 18.8 Å². The Bertz CT molecular complexity index is 564. The fourth-order valence-corrected chi connectivity index (χ4v) is 2.67. The Labute approximate surface area is 126 Å². The molecule has 0 fully saturated rings. The van der Waals surface area contributed by atoms with Gasteiger partial charge in [-0.25, -0.2) is 0 Å². The summed E-state index contributed by atoms with van der Waals surface area (Å²) in [4.78, 5) is 0. The van der Waals surface area contributed by atoms with Gasteiger partial charge in [0.15, 0.2) is 0 Å². The Morgan fingerprint density at radius 3 is 2.81 bits per heavy atom. The van der Waals surface area contributed by atoms with E-state index < -0.39 is 6.10 Å². The lowest BCUT2D eigenvalue weighted by Gasteiger charge is -2.15. The molecule has 0 aliphatic rings. The van der Waals surface area contributed by atoms with Crippen LogP contribution in [0.1, 0.15) is 37.6 Å². The molecule has 0 aliphatic heterocycles. The molecule has 0 saturated carbocycles. The molecule has 1 aromatic heterocycles. The predicted octanol–water partition coefficient (Wildman–Crippen LogP) is 3.04. The Balaban J connectivity index is 2.03. The van der Waals surface area contributed by atoms with E-state index in [1.54, 1.807) is 7.11 Å². The monoisotopic (exact) mass is 291 g/mol. The minimum absolute atomic E-state index is 0.127. The molecule has 2 unspecified atom stereocenters. The highest BCUT2D eigenvalue weighted by molar-refractivity contribution is 5.82. The second-order valence-electron chi connectivity index (χ2n) is 5.37. The number of para-hydroxylation sites is 1. The summed E-state index contributed by atoms with van der Waals surface area (Å²) >= 11 is 0.